The summed E-state index contributed by atoms with van der Waals surface area (Å²) >= 11 is 0. The predicted octanol–water partition coefficient (Wildman–Crippen LogP) is 2.56. The molecular weight excluding hydrogens is 202 g/mol. The van der Waals surface area contributed by atoms with E-state index in [2.05, 4.69) is 10.3 Å². The van der Waals surface area contributed by atoms with Crippen molar-refractivity contribution < 1.29 is 4.74 Å². The summed E-state index contributed by atoms with van der Waals surface area (Å²) < 4.78 is 7.45. The van der Waals surface area contributed by atoms with Gasteiger partial charge in [0.25, 0.3) is 0 Å². The van der Waals surface area contributed by atoms with Crippen LogP contribution in [0.5, 0.6) is 5.75 Å². The lowest BCUT2D eigenvalue weighted by Crippen LogP contribution is -2.01. The molecule has 16 heavy (non-hydrogen) atoms. The number of para-hydroxylation sites is 2. The zero-order valence-electron chi connectivity index (χ0n) is 9.47. The molecule has 0 aliphatic rings. The van der Waals surface area contributed by atoms with Crippen LogP contribution in [0.4, 0.5) is 11.6 Å². The maximum absolute atomic E-state index is 5.53. The molecule has 0 radical (unpaired) electrons. The monoisotopic (exact) mass is 217 g/mol. The summed E-state index contributed by atoms with van der Waals surface area (Å²) in [7, 11) is 1.94. The Hall–Kier alpha value is -1.97. The van der Waals surface area contributed by atoms with Crippen molar-refractivity contribution in [3.8, 4) is 5.75 Å². The highest BCUT2D eigenvalue weighted by Crippen LogP contribution is 2.26. The Balaban J connectivity index is 2.24. The van der Waals surface area contributed by atoms with E-state index in [0.29, 0.717) is 6.61 Å². The fourth-order valence-corrected chi connectivity index (χ4v) is 1.46. The van der Waals surface area contributed by atoms with E-state index in [0.717, 1.165) is 17.4 Å². The van der Waals surface area contributed by atoms with E-state index in [-0.39, 0.29) is 0 Å². The summed E-state index contributed by atoms with van der Waals surface area (Å²) in [4.78, 5) is 4.21. The zero-order valence-corrected chi connectivity index (χ0v) is 9.47. The van der Waals surface area contributed by atoms with Crippen LogP contribution in [0.25, 0.3) is 0 Å². The summed E-state index contributed by atoms with van der Waals surface area (Å²) in [6.07, 6.45) is 3.65. The second-order valence-corrected chi connectivity index (χ2v) is 3.42. The Morgan fingerprint density at radius 1 is 1.38 bits per heavy atom. The number of nitrogens with zero attached hydrogens (tertiary/aromatic N) is 2. The van der Waals surface area contributed by atoms with E-state index >= 15 is 0 Å². The van der Waals surface area contributed by atoms with Crippen LogP contribution >= 0.6 is 0 Å². The summed E-state index contributed by atoms with van der Waals surface area (Å²) in [5.41, 5.74) is 0.929. The van der Waals surface area contributed by atoms with Gasteiger partial charge in [-0.05, 0) is 19.1 Å². The molecule has 0 amide bonds. The van der Waals surface area contributed by atoms with Crippen LogP contribution in [0, 0.1) is 0 Å². The second kappa shape index (κ2) is 4.70. The van der Waals surface area contributed by atoms with E-state index < -0.39 is 0 Å². The van der Waals surface area contributed by atoms with Gasteiger partial charge in [0.05, 0.1) is 12.3 Å². The van der Waals surface area contributed by atoms with E-state index in [1.54, 1.807) is 6.20 Å². The van der Waals surface area contributed by atoms with Crippen molar-refractivity contribution in [1.29, 1.82) is 0 Å². The Kier molecular flexibility index (Phi) is 3.10. The summed E-state index contributed by atoms with van der Waals surface area (Å²) in [6, 6.07) is 7.83. The first-order valence-corrected chi connectivity index (χ1v) is 5.27. The van der Waals surface area contributed by atoms with Crippen LogP contribution in [0.1, 0.15) is 6.92 Å². The van der Waals surface area contributed by atoms with Crippen LogP contribution in [-0.4, -0.2) is 16.2 Å². The molecule has 0 bridgehead atoms. The third kappa shape index (κ3) is 2.16. The van der Waals surface area contributed by atoms with E-state index in [9.17, 15) is 0 Å². The van der Waals surface area contributed by atoms with Crippen molar-refractivity contribution in [2.75, 3.05) is 11.9 Å². The number of anilines is 2. The first-order valence-electron chi connectivity index (χ1n) is 5.27. The first-order chi connectivity index (χ1) is 7.81. The molecule has 0 aliphatic heterocycles. The quantitative estimate of drug-likeness (QED) is 0.855. The van der Waals surface area contributed by atoms with Crippen molar-refractivity contribution in [2.45, 2.75) is 6.92 Å². The van der Waals surface area contributed by atoms with Gasteiger partial charge in [0.15, 0.2) is 0 Å². The highest BCUT2D eigenvalue weighted by Gasteiger charge is 2.04. The normalized spacial score (nSPS) is 10.1. The molecule has 0 unspecified atom stereocenters. The SMILES string of the molecule is CCOc1ccccc1Nc1nccn1C. The van der Waals surface area contributed by atoms with E-state index in [1.807, 2.05) is 49.0 Å². The first kappa shape index (κ1) is 10.5. The summed E-state index contributed by atoms with van der Waals surface area (Å²) in [5, 5.41) is 3.23. The molecule has 1 aromatic carbocycles. The summed E-state index contributed by atoms with van der Waals surface area (Å²) in [6.45, 7) is 2.62. The standard InChI is InChI=1S/C12H15N3O/c1-3-16-11-7-5-4-6-10(11)14-12-13-8-9-15(12)2/h4-9H,3H2,1-2H3,(H,13,14). The van der Waals surface area contributed by atoms with Crippen LogP contribution in [0.2, 0.25) is 0 Å². The van der Waals surface area contributed by atoms with Gasteiger partial charge < -0.3 is 14.6 Å². The molecule has 1 heterocycles. The molecule has 4 heteroatoms. The van der Waals surface area contributed by atoms with Gasteiger partial charge in [0, 0.05) is 19.4 Å². The molecule has 0 aliphatic carbocycles. The maximum atomic E-state index is 5.53. The lowest BCUT2D eigenvalue weighted by molar-refractivity contribution is 0.342. The van der Waals surface area contributed by atoms with Gasteiger partial charge in [-0.25, -0.2) is 4.98 Å². The van der Waals surface area contributed by atoms with Gasteiger partial charge in [-0.1, -0.05) is 12.1 Å². The molecular formula is C12H15N3O. The highest BCUT2D eigenvalue weighted by atomic mass is 16.5. The Bertz CT molecular complexity index is 465. The molecule has 0 saturated heterocycles. The number of hydrogen-bond acceptors (Lipinski definition) is 3. The average Bonchev–Trinajstić information content (AvgIpc) is 2.68. The topological polar surface area (TPSA) is 39.1 Å². The molecule has 4 nitrogen and oxygen atoms in total. The van der Waals surface area contributed by atoms with E-state index in [1.165, 1.54) is 0 Å². The van der Waals surface area contributed by atoms with Gasteiger partial charge >= 0.3 is 0 Å². The van der Waals surface area contributed by atoms with E-state index in [4.69, 9.17) is 4.74 Å². The van der Waals surface area contributed by atoms with Gasteiger partial charge in [-0.2, -0.15) is 0 Å². The molecule has 1 aromatic heterocycles. The number of ether oxygens (including phenoxy) is 1. The fourth-order valence-electron chi connectivity index (χ4n) is 1.46. The maximum Gasteiger partial charge on any atom is 0.207 e. The van der Waals surface area contributed by atoms with Gasteiger partial charge in [-0.3, -0.25) is 0 Å². The number of hydrogen-bond donors (Lipinski definition) is 1. The van der Waals surface area contributed by atoms with Crippen LogP contribution in [-0.2, 0) is 7.05 Å². The van der Waals surface area contributed by atoms with Gasteiger partial charge in [0.1, 0.15) is 5.75 Å². The van der Waals surface area contributed by atoms with Gasteiger partial charge in [-0.15, -0.1) is 0 Å². The second-order valence-electron chi connectivity index (χ2n) is 3.42. The van der Waals surface area contributed by atoms with Crippen LogP contribution in [0.3, 0.4) is 0 Å². The number of aromatic nitrogens is 2. The number of rotatable bonds is 4. The van der Waals surface area contributed by atoms with Crippen molar-refractivity contribution in [3.05, 3.63) is 36.7 Å². The van der Waals surface area contributed by atoms with Crippen molar-refractivity contribution in [2.24, 2.45) is 7.05 Å². The molecule has 2 rings (SSSR count). The number of aryl methyl sites for hydroxylation is 1. The number of benzene rings is 1. The minimum absolute atomic E-state index is 0.652. The van der Waals surface area contributed by atoms with Gasteiger partial charge in [0.2, 0.25) is 5.95 Å². The predicted molar refractivity (Wildman–Crippen MR) is 64.1 cm³/mol. The largest absolute Gasteiger partial charge is 0.492 e. The molecule has 0 spiro atoms. The Morgan fingerprint density at radius 2 is 2.19 bits per heavy atom. The molecule has 84 valence electrons. The molecule has 0 fully saturated rings. The van der Waals surface area contributed by atoms with Crippen molar-refractivity contribution in [1.82, 2.24) is 9.55 Å². The minimum atomic E-state index is 0.652. The summed E-state index contributed by atoms with van der Waals surface area (Å²) in [5.74, 6) is 1.64. The lowest BCUT2D eigenvalue weighted by Gasteiger charge is -2.11. The Morgan fingerprint density at radius 3 is 2.88 bits per heavy atom. The molecule has 0 atom stereocenters. The lowest BCUT2D eigenvalue weighted by atomic mass is 10.3. The molecule has 2 aromatic rings. The third-order valence-electron chi connectivity index (χ3n) is 2.25. The smallest absolute Gasteiger partial charge is 0.207 e. The highest BCUT2D eigenvalue weighted by molar-refractivity contribution is 5.62. The minimum Gasteiger partial charge on any atom is -0.492 e. The number of nitrogens with one attached hydrogen (secondary N) is 1. The molecule has 1 N–H and O–H groups in total. The third-order valence-corrected chi connectivity index (χ3v) is 2.25. The van der Waals surface area contributed by atoms with Crippen LogP contribution in [0.15, 0.2) is 36.7 Å². The average molecular weight is 217 g/mol. The van der Waals surface area contributed by atoms with Crippen molar-refractivity contribution in [3.63, 3.8) is 0 Å². The molecule has 0 saturated carbocycles. The number of imidazole rings is 1. The Labute approximate surface area is 94.9 Å². The fraction of sp³-hybridized carbons (Fsp3) is 0.250. The van der Waals surface area contributed by atoms with Crippen molar-refractivity contribution >= 4 is 11.6 Å². The van der Waals surface area contributed by atoms with Crippen LogP contribution < -0.4 is 10.1 Å². The zero-order chi connectivity index (χ0) is 11.4.